The van der Waals surface area contributed by atoms with Gasteiger partial charge in [-0.3, -0.25) is 4.79 Å². The van der Waals surface area contributed by atoms with Gasteiger partial charge in [-0.05, 0) is 40.8 Å². The minimum atomic E-state index is -0.390. The number of amides is 1. The molecule has 1 amide bonds. The summed E-state index contributed by atoms with van der Waals surface area (Å²) in [5.41, 5.74) is 2.51. The van der Waals surface area contributed by atoms with Gasteiger partial charge in [0.05, 0.1) is 6.10 Å². The summed E-state index contributed by atoms with van der Waals surface area (Å²) in [6, 6.07) is 13.8. The lowest BCUT2D eigenvalue weighted by Gasteiger charge is -2.19. The van der Waals surface area contributed by atoms with Crippen LogP contribution in [-0.2, 0) is 10.2 Å². The van der Waals surface area contributed by atoms with Crippen LogP contribution < -0.4 is 5.32 Å². The molecular weight excluding hydrogens is 305 g/mol. The number of methoxy groups -OCH3 is 1. The summed E-state index contributed by atoms with van der Waals surface area (Å²) in [4.78, 5) is 12.3. The molecule has 128 valence electrons. The van der Waals surface area contributed by atoms with E-state index in [1.165, 1.54) is 17.7 Å². The second-order valence-corrected chi connectivity index (χ2v) is 6.82. The maximum absolute atomic E-state index is 13.3. The maximum atomic E-state index is 13.3. The van der Waals surface area contributed by atoms with Gasteiger partial charge in [-0.25, -0.2) is 4.39 Å². The summed E-state index contributed by atoms with van der Waals surface area (Å²) >= 11 is 0. The zero-order chi connectivity index (χ0) is 17.7. The number of hydrogen-bond donors (Lipinski definition) is 1. The van der Waals surface area contributed by atoms with Gasteiger partial charge in [0.15, 0.2) is 0 Å². The second kappa shape index (κ2) is 7.58. The molecule has 1 atom stereocenters. The van der Waals surface area contributed by atoms with Crippen LogP contribution in [0.5, 0.6) is 0 Å². The number of halogens is 1. The third kappa shape index (κ3) is 4.65. The van der Waals surface area contributed by atoms with E-state index in [2.05, 4.69) is 26.1 Å². The standard InChI is InChI=1S/C20H24FNO2/c1-20(2,3)16-10-8-14(9-11-16)19(23)22-13-18(24-4)15-6-5-7-17(21)12-15/h5-12,18H,13H2,1-4H3,(H,22,23)/t18-/m1/s1. The number of nitrogens with one attached hydrogen (secondary N) is 1. The summed E-state index contributed by atoms with van der Waals surface area (Å²) in [5.74, 6) is -0.493. The minimum absolute atomic E-state index is 0.0491. The lowest BCUT2D eigenvalue weighted by Crippen LogP contribution is -2.29. The largest absolute Gasteiger partial charge is 0.375 e. The number of hydrogen-bond acceptors (Lipinski definition) is 2. The molecule has 24 heavy (non-hydrogen) atoms. The van der Waals surface area contributed by atoms with Gasteiger partial charge in [0.1, 0.15) is 5.82 Å². The van der Waals surface area contributed by atoms with Gasteiger partial charge in [-0.2, -0.15) is 0 Å². The fourth-order valence-electron chi connectivity index (χ4n) is 2.45. The van der Waals surface area contributed by atoms with Crippen molar-refractivity contribution in [2.24, 2.45) is 0 Å². The van der Waals surface area contributed by atoms with Crippen molar-refractivity contribution in [3.8, 4) is 0 Å². The van der Waals surface area contributed by atoms with Crippen LogP contribution in [0.4, 0.5) is 4.39 Å². The van der Waals surface area contributed by atoms with Gasteiger partial charge in [0.25, 0.3) is 5.91 Å². The van der Waals surface area contributed by atoms with E-state index in [0.29, 0.717) is 11.1 Å². The molecule has 2 rings (SSSR count). The maximum Gasteiger partial charge on any atom is 0.251 e. The Labute approximate surface area is 142 Å². The Kier molecular flexibility index (Phi) is 5.73. The predicted molar refractivity (Wildman–Crippen MR) is 93.6 cm³/mol. The molecule has 0 aliphatic carbocycles. The van der Waals surface area contributed by atoms with Crippen molar-refractivity contribution in [1.29, 1.82) is 0 Å². The monoisotopic (exact) mass is 329 g/mol. The Bertz CT molecular complexity index is 690. The molecule has 0 spiro atoms. The molecular formula is C20H24FNO2. The van der Waals surface area contributed by atoms with Crippen molar-refractivity contribution in [3.63, 3.8) is 0 Å². The van der Waals surface area contributed by atoms with Crippen LogP contribution in [0.1, 0.15) is 48.4 Å². The van der Waals surface area contributed by atoms with E-state index >= 15 is 0 Å². The van der Waals surface area contributed by atoms with Gasteiger partial charge < -0.3 is 10.1 Å². The quantitative estimate of drug-likeness (QED) is 0.891. The Morgan fingerprint density at radius 1 is 1.17 bits per heavy atom. The highest BCUT2D eigenvalue weighted by Gasteiger charge is 2.16. The zero-order valence-corrected chi connectivity index (χ0v) is 14.6. The molecule has 0 unspecified atom stereocenters. The fraction of sp³-hybridized carbons (Fsp3) is 0.350. The van der Waals surface area contributed by atoms with Crippen molar-refractivity contribution in [2.45, 2.75) is 32.3 Å². The number of carbonyl (C=O) groups is 1. The number of carbonyl (C=O) groups excluding carboxylic acids is 1. The third-order valence-corrected chi connectivity index (χ3v) is 3.97. The van der Waals surface area contributed by atoms with Crippen molar-refractivity contribution >= 4 is 5.91 Å². The zero-order valence-electron chi connectivity index (χ0n) is 14.6. The molecule has 2 aromatic carbocycles. The minimum Gasteiger partial charge on any atom is -0.375 e. The average molecular weight is 329 g/mol. The highest BCUT2D eigenvalue weighted by atomic mass is 19.1. The first kappa shape index (κ1) is 18.1. The molecule has 1 N–H and O–H groups in total. The molecule has 0 aliphatic heterocycles. The summed E-state index contributed by atoms with van der Waals surface area (Å²) in [6.45, 7) is 6.67. The fourth-order valence-corrected chi connectivity index (χ4v) is 2.45. The molecule has 0 bridgehead atoms. The van der Waals surface area contributed by atoms with Gasteiger partial charge in [-0.15, -0.1) is 0 Å². The van der Waals surface area contributed by atoms with Crippen LogP contribution in [0.3, 0.4) is 0 Å². The SMILES string of the molecule is CO[C@H](CNC(=O)c1ccc(C(C)(C)C)cc1)c1cccc(F)c1. The topological polar surface area (TPSA) is 38.3 Å². The summed E-state index contributed by atoms with van der Waals surface area (Å²) in [6.07, 6.45) is -0.390. The highest BCUT2D eigenvalue weighted by Crippen LogP contribution is 2.22. The Hall–Kier alpha value is -2.20. The average Bonchev–Trinajstić information content (AvgIpc) is 2.54. The Morgan fingerprint density at radius 2 is 1.83 bits per heavy atom. The predicted octanol–water partition coefficient (Wildman–Crippen LogP) is 4.24. The first-order valence-electron chi connectivity index (χ1n) is 7.98. The molecule has 3 nitrogen and oxygen atoms in total. The molecule has 0 aromatic heterocycles. The molecule has 0 heterocycles. The van der Waals surface area contributed by atoms with E-state index in [9.17, 15) is 9.18 Å². The van der Waals surface area contributed by atoms with Crippen LogP contribution >= 0.6 is 0 Å². The Balaban J connectivity index is 2.01. The van der Waals surface area contributed by atoms with Crippen LogP contribution in [0, 0.1) is 5.82 Å². The van der Waals surface area contributed by atoms with Gasteiger partial charge >= 0.3 is 0 Å². The molecule has 0 aliphatic rings. The number of rotatable bonds is 5. The second-order valence-electron chi connectivity index (χ2n) is 6.82. The van der Waals surface area contributed by atoms with Crippen molar-refractivity contribution < 1.29 is 13.9 Å². The Morgan fingerprint density at radius 3 is 2.38 bits per heavy atom. The molecule has 2 aromatic rings. The lowest BCUT2D eigenvalue weighted by atomic mass is 9.87. The molecule has 0 saturated heterocycles. The van der Waals surface area contributed by atoms with E-state index < -0.39 is 6.10 Å². The van der Waals surface area contributed by atoms with E-state index in [1.807, 2.05) is 24.3 Å². The van der Waals surface area contributed by atoms with Crippen molar-refractivity contribution in [3.05, 3.63) is 71.0 Å². The van der Waals surface area contributed by atoms with Crippen molar-refractivity contribution in [1.82, 2.24) is 5.32 Å². The normalized spacial score (nSPS) is 12.7. The van der Waals surface area contributed by atoms with Crippen LogP contribution in [0.25, 0.3) is 0 Å². The molecule has 0 radical (unpaired) electrons. The van der Waals surface area contributed by atoms with Crippen LogP contribution in [0.2, 0.25) is 0 Å². The van der Waals surface area contributed by atoms with E-state index in [0.717, 1.165) is 0 Å². The molecule has 0 saturated carbocycles. The smallest absolute Gasteiger partial charge is 0.251 e. The highest BCUT2D eigenvalue weighted by molar-refractivity contribution is 5.94. The van der Waals surface area contributed by atoms with E-state index in [1.54, 1.807) is 19.2 Å². The number of benzene rings is 2. The lowest BCUT2D eigenvalue weighted by molar-refractivity contribution is 0.0827. The van der Waals surface area contributed by atoms with Gasteiger partial charge in [-0.1, -0.05) is 45.0 Å². The van der Waals surface area contributed by atoms with E-state index in [4.69, 9.17) is 4.74 Å². The summed E-state index contributed by atoms with van der Waals surface area (Å²) in [5, 5.41) is 2.84. The van der Waals surface area contributed by atoms with Gasteiger partial charge in [0.2, 0.25) is 0 Å². The first-order chi connectivity index (χ1) is 11.3. The van der Waals surface area contributed by atoms with Crippen LogP contribution in [0.15, 0.2) is 48.5 Å². The van der Waals surface area contributed by atoms with E-state index in [-0.39, 0.29) is 23.7 Å². The molecule has 4 heteroatoms. The first-order valence-corrected chi connectivity index (χ1v) is 7.98. The summed E-state index contributed by atoms with van der Waals surface area (Å²) < 4.78 is 18.7. The summed E-state index contributed by atoms with van der Waals surface area (Å²) in [7, 11) is 1.54. The van der Waals surface area contributed by atoms with Crippen LogP contribution in [-0.4, -0.2) is 19.6 Å². The third-order valence-electron chi connectivity index (χ3n) is 3.97. The van der Waals surface area contributed by atoms with Crippen molar-refractivity contribution in [2.75, 3.05) is 13.7 Å². The molecule has 0 fully saturated rings. The van der Waals surface area contributed by atoms with Gasteiger partial charge in [0, 0.05) is 19.2 Å². The number of ether oxygens (including phenoxy) is 1.